The topological polar surface area (TPSA) is 71.2 Å². The second-order valence-electron chi connectivity index (χ2n) is 4.97. The third-order valence-corrected chi connectivity index (χ3v) is 3.50. The predicted octanol–water partition coefficient (Wildman–Crippen LogP) is 1.35. The number of hydrogen-bond donors (Lipinski definition) is 2. The van der Waals surface area contributed by atoms with Crippen molar-refractivity contribution in [3.8, 4) is 0 Å². The van der Waals surface area contributed by atoms with Crippen LogP contribution in [0.1, 0.15) is 31.7 Å². The Labute approximate surface area is 114 Å². The number of amides is 1. The van der Waals surface area contributed by atoms with Crippen molar-refractivity contribution >= 4 is 11.7 Å². The summed E-state index contributed by atoms with van der Waals surface area (Å²) in [7, 11) is 0. The van der Waals surface area contributed by atoms with Crippen LogP contribution >= 0.6 is 0 Å². The van der Waals surface area contributed by atoms with E-state index in [2.05, 4.69) is 28.2 Å². The highest BCUT2D eigenvalue weighted by Crippen LogP contribution is 2.22. The minimum absolute atomic E-state index is 0.126. The smallest absolute Gasteiger partial charge is 0.234 e. The van der Waals surface area contributed by atoms with Gasteiger partial charge in [0.05, 0.1) is 6.04 Å². The Morgan fingerprint density at radius 2 is 2.47 bits per heavy atom. The Morgan fingerprint density at radius 3 is 3.21 bits per heavy atom. The first-order chi connectivity index (χ1) is 9.22. The molecule has 0 spiro atoms. The van der Waals surface area contributed by atoms with E-state index in [0.717, 1.165) is 50.3 Å². The quantitative estimate of drug-likeness (QED) is 0.812. The van der Waals surface area contributed by atoms with Crippen molar-refractivity contribution < 1.29 is 4.79 Å². The summed E-state index contributed by atoms with van der Waals surface area (Å²) in [5, 5.41) is 3.33. The molecule has 1 saturated heterocycles. The normalized spacial score (nSPS) is 19.5. The first-order valence-corrected chi connectivity index (χ1v) is 6.93. The van der Waals surface area contributed by atoms with Crippen LogP contribution in [0.2, 0.25) is 0 Å². The van der Waals surface area contributed by atoms with Crippen molar-refractivity contribution in [2.24, 2.45) is 5.73 Å². The number of hydrogen-bond acceptors (Lipinski definition) is 4. The zero-order valence-corrected chi connectivity index (χ0v) is 11.4. The molecule has 0 aromatic carbocycles. The summed E-state index contributed by atoms with van der Waals surface area (Å²) >= 11 is 0. The van der Waals surface area contributed by atoms with E-state index in [1.807, 2.05) is 6.07 Å². The molecule has 0 saturated carbocycles. The highest BCUT2D eigenvalue weighted by molar-refractivity contribution is 5.80. The summed E-state index contributed by atoms with van der Waals surface area (Å²) in [5.74, 6) is 0.698. The van der Waals surface area contributed by atoms with Crippen LogP contribution in [-0.4, -0.2) is 34.9 Å². The number of rotatable bonds is 6. The first-order valence-electron chi connectivity index (χ1n) is 6.93. The third kappa shape index (κ3) is 3.44. The Bertz CT molecular complexity index is 435. The molecule has 2 rings (SSSR count). The Balaban J connectivity index is 2.07. The van der Waals surface area contributed by atoms with E-state index >= 15 is 0 Å². The van der Waals surface area contributed by atoms with Gasteiger partial charge in [0.2, 0.25) is 5.91 Å². The molecular weight excluding hydrogens is 240 g/mol. The molecule has 104 valence electrons. The van der Waals surface area contributed by atoms with E-state index in [9.17, 15) is 4.79 Å². The minimum Gasteiger partial charge on any atom is -0.370 e. The molecule has 1 aromatic rings. The fraction of sp³-hybridized carbons (Fsp3) is 0.571. The Hall–Kier alpha value is -1.62. The van der Waals surface area contributed by atoms with Gasteiger partial charge in [-0.1, -0.05) is 13.0 Å². The number of carbonyl (C=O) groups is 1. The molecule has 1 unspecified atom stereocenters. The summed E-state index contributed by atoms with van der Waals surface area (Å²) in [6, 6.07) is 3.86. The number of nitrogens with zero attached hydrogens (tertiary/aromatic N) is 2. The van der Waals surface area contributed by atoms with E-state index in [-0.39, 0.29) is 11.9 Å². The van der Waals surface area contributed by atoms with Crippen molar-refractivity contribution in [2.75, 3.05) is 18.4 Å². The van der Waals surface area contributed by atoms with Gasteiger partial charge in [-0.2, -0.15) is 0 Å². The lowest BCUT2D eigenvalue weighted by Crippen LogP contribution is -2.39. The van der Waals surface area contributed by atoms with Gasteiger partial charge >= 0.3 is 0 Å². The van der Waals surface area contributed by atoms with Crippen LogP contribution < -0.4 is 11.1 Å². The van der Waals surface area contributed by atoms with E-state index in [0.29, 0.717) is 0 Å². The molecule has 0 radical (unpaired) electrons. The van der Waals surface area contributed by atoms with E-state index in [1.165, 1.54) is 0 Å². The van der Waals surface area contributed by atoms with Gasteiger partial charge < -0.3 is 11.1 Å². The average molecular weight is 262 g/mol. The summed E-state index contributed by atoms with van der Waals surface area (Å²) < 4.78 is 0. The van der Waals surface area contributed by atoms with Gasteiger partial charge in [-0.15, -0.1) is 0 Å². The molecule has 19 heavy (non-hydrogen) atoms. The number of nitrogens with two attached hydrogens (primary N) is 1. The van der Waals surface area contributed by atoms with Crippen LogP contribution in [0.15, 0.2) is 18.3 Å². The van der Waals surface area contributed by atoms with Gasteiger partial charge in [0, 0.05) is 24.8 Å². The highest BCUT2D eigenvalue weighted by atomic mass is 16.1. The zero-order valence-electron chi connectivity index (χ0n) is 11.4. The first kappa shape index (κ1) is 13.8. The standard InChI is InChI=1S/C14H22N4O/c1-2-7-16-14-11(5-3-8-17-14)10-18-9-4-6-12(18)13(15)19/h3,5,8,12H,2,4,6-7,9-10H2,1H3,(H2,15,19)(H,16,17). The lowest BCUT2D eigenvalue weighted by atomic mass is 10.2. The van der Waals surface area contributed by atoms with Gasteiger partial charge in [-0.05, 0) is 31.9 Å². The Morgan fingerprint density at radius 1 is 1.63 bits per heavy atom. The number of likely N-dealkylation sites (tertiary alicyclic amines) is 1. The van der Waals surface area contributed by atoms with Gasteiger partial charge in [-0.3, -0.25) is 9.69 Å². The van der Waals surface area contributed by atoms with Gasteiger partial charge in [0.15, 0.2) is 0 Å². The van der Waals surface area contributed by atoms with Crippen molar-refractivity contribution in [3.05, 3.63) is 23.9 Å². The second-order valence-corrected chi connectivity index (χ2v) is 4.97. The molecular formula is C14H22N4O. The average Bonchev–Trinajstić information content (AvgIpc) is 2.86. The molecule has 1 fully saturated rings. The van der Waals surface area contributed by atoms with Crippen LogP contribution in [-0.2, 0) is 11.3 Å². The van der Waals surface area contributed by atoms with Crippen molar-refractivity contribution in [3.63, 3.8) is 0 Å². The fourth-order valence-electron chi connectivity index (χ4n) is 2.53. The van der Waals surface area contributed by atoms with Crippen molar-refractivity contribution in [2.45, 2.75) is 38.8 Å². The Kier molecular flexibility index (Phi) is 4.74. The van der Waals surface area contributed by atoms with E-state index < -0.39 is 0 Å². The predicted molar refractivity (Wildman–Crippen MR) is 75.6 cm³/mol. The van der Waals surface area contributed by atoms with Crippen molar-refractivity contribution in [1.82, 2.24) is 9.88 Å². The second kappa shape index (κ2) is 6.52. The van der Waals surface area contributed by atoms with Gasteiger partial charge in [0.25, 0.3) is 0 Å². The lowest BCUT2D eigenvalue weighted by molar-refractivity contribution is -0.122. The fourth-order valence-corrected chi connectivity index (χ4v) is 2.53. The molecule has 1 aromatic heterocycles. The largest absolute Gasteiger partial charge is 0.370 e. The molecule has 1 amide bonds. The van der Waals surface area contributed by atoms with Gasteiger partial charge in [0.1, 0.15) is 5.82 Å². The summed E-state index contributed by atoms with van der Waals surface area (Å²) in [6.07, 6.45) is 4.75. The summed E-state index contributed by atoms with van der Waals surface area (Å²) in [4.78, 5) is 17.9. The molecule has 1 aliphatic heterocycles. The van der Waals surface area contributed by atoms with E-state index in [1.54, 1.807) is 6.20 Å². The van der Waals surface area contributed by atoms with Crippen LogP contribution in [0.4, 0.5) is 5.82 Å². The van der Waals surface area contributed by atoms with Crippen LogP contribution in [0.3, 0.4) is 0 Å². The molecule has 5 nitrogen and oxygen atoms in total. The number of nitrogens with one attached hydrogen (secondary N) is 1. The van der Waals surface area contributed by atoms with Crippen molar-refractivity contribution in [1.29, 1.82) is 0 Å². The highest BCUT2D eigenvalue weighted by Gasteiger charge is 2.29. The number of carbonyl (C=O) groups excluding carboxylic acids is 1. The number of anilines is 1. The van der Waals surface area contributed by atoms with Gasteiger partial charge in [-0.25, -0.2) is 4.98 Å². The monoisotopic (exact) mass is 262 g/mol. The number of aromatic nitrogens is 1. The molecule has 0 aliphatic carbocycles. The third-order valence-electron chi connectivity index (χ3n) is 3.50. The van der Waals surface area contributed by atoms with Crippen LogP contribution in [0.5, 0.6) is 0 Å². The maximum absolute atomic E-state index is 11.4. The van der Waals surface area contributed by atoms with Crippen LogP contribution in [0, 0.1) is 0 Å². The minimum atomic E-state index is -0.218. The van der Waals surface area contributed by atoms with E-state index in [4.69, 9.17) is 5.73 Å². The SMILES string of the molecule is CCCNc1ncccc1CN1CCCC1C(N)=O. The number of pyridine rings is 1. The zero-order chi connectivity index (χ0) is 13.7. The molecule has 0 bridgehead atoms. The molecule has 1 aliphatic rings. The molecule has 1 atom stereocenters. The molecule has 3 N–H and O–H groups in total. The molecule has 2 heterocycles. The van der Waals surface area contributed by atoms with Crippen LogP contribution in [0.25, 0.3) is 0 Å². The summed E-state index contributed by atoms with van der Waals surface area (Å²) in [6.45, 7) is 4.69. The maximum Gasteiger partial charge on any atom is 0.234 e. The summed E-state index contributed by atoms with van der Waals surface area (Å²) in [5.41, 5.74) is 6.58. The molecule has 5 heteroatoms. The number of primary amides is 1. The maximum atomic E-state index is 11.4. The lowest BCUT2D eigenvalue weighted by Gasteiger charge is -2.22.